The van der Waals surface area contributed by atoms with Gasteiger partial charge in [0.15, 0.2) is 0 Å². The Morgan fingerprint density at radius 1 is 0.741 bits per heavy atom. The maximum absolute atomic E-state index is 12.3. The van der Waals surface area contributed by atoms with Crippen molar-refractivity contribution in [2.24, 2.45) is 0 Å². The first-order valence-electron chi connectivity index (χ1n) is 8.87. The fraction of sp³-hybridized carbons (Fsp3) is 0.174. The van der Waals surface area contributed by atoms with Crippen molar-refractivity contribution in [2.45, 2.75) is 20.8 Å². The first kappa shape index (κ1) is 21.8. The molecule has 0 saturated heterocycles. The molecule has 2 aromatic rings. The van der Waals surface area contributed by atoms with Crippen LogP contribution in [0.4, 0.5) is 0 Å². The lowest BCUT2D eigenvalue weighted by Crippen LogP contribution is -2.14. The smallest absolute Gasteiger partial charge is 0.243 e. The van der Waals surface area contributed by atoms with E-state index in [9.17, 15) is 14.4 Å². The van der Waals surface area contributed by atoms with E-state index in [1.807, 2.05) is 32.9 Å². The molecule has 1 N–H and O–H groups in total. The highest BCUT2D eigenvalue weighted by atomic mass is 16.2. The molecule has 4 heteroatoms. The SMILES string of the molecule is C/C=C/c1ccc(C(=O)C(=O)c2ccc(/C=C/C(=O)NC)cc2)cc1.CC. The summed E-state index contributed by atoms with van der Waals surface area (Å²) in [4.78, 5) is 35.8. The molecule has 140 valence electrons. The van der Waals surface area contributed by atoms with E-state index in [0.717, 1.165) is 11.1 Å². The molecule has 0 fully saturated rings. The van der Waals surface area contributed by atoms with Crippen molar-refractivity contribution in [3.05, 3.63) is 82.9 Å². The molecule has 1 amide bonds. The standard InChI is InChI=1S/C21H19NO3.C2H6/c1-3-4-15-5-10-17(11-6-15)20(24)21(25)18-12-7-16(8-13-18)9-14-19(23)22-2;1-2/h3-14H,1-2H3,(H,22,23);1-2H3/b4-3+,14-9+;. The van der Waals surface area contributed by atoms with Gasteiger partial charge in [-0.05, 0) is 24.1 Å². The molecule has 0 aliphatic carbocycles. The zero-order valence-electron chi connectivity index (χ0n) is 16.2. The molecule has 27 heavy (non-hydrogen) atoms. The van der Waals surface area contributed by atoms with E-state index < -0.39 is 11.6 Å². The zero-order valence-corrected chi connectivity index (χ0v) is 16.2. The number of likely N-dealkylation sites (N-methyl/N-ethyl adjacent to an activating group) is 1. The second kappa shape index (κ2) is 11.4. The zero-order chi connectivity index (χ0) is 20.2. The van der Waals surface area contributed by atoms with E-state index in [1.54, 1.807) is 61.7 Å². The average Bonchev–Trinajstić information content (AvgIpc) is 2.73. The van der Waals surface area contributed by atoms with Crippen LogP contribution in [-0.2, 0) is 4.79 Å². The van der Waals surface area contributed by atoms with E-state index in [2.05, 4.69) is 5.32 Å². The molecule has 0 aliphatic heterocycles. The van der Waals surface area contributed by atoms with Crippen molar-refractivity contribution in [2.75, 3.05) is 7.05 Å². The second-order valence-corrected chi connectivity index (χ2v) is 5.35. The van der Waals surface area contributed by atoms with Crippen molar-refractivity contribution < 1.29 is 14.4 Å². The van der Waals surface area contributed by atoms with Gasteiger partial charge in [-0.3, -0.25) is 14.4 Å². The quantitative estimate of drug-likeness (QED) is 0.464. The van der Waals surface area contributed by atoms with Crippen molar-refractivity contribution in [3.63, 3.8) is 0 Å². The topological polar surface area (TPSA) is 63.2 Å². The van der Waals surface area contributed by atoms with Crippen LogP contribution in [0, 0.1) is 0 Å². The molecule has 0 aliphatic rings. The lowest BCUT2D eigenvalue weighted by molar-refractivity contribution is -0.115. The normalized spacial score (nSPS) is 10.4. The number of carbonyl (C=O) groups is 3. The number of carbonyl (C=O) groups excluding carboxylic acids is 3. The average molecular weight is 363 g/mol. The first-order valence-corrected chi connectivity index (χ1v) is 8.87. The van der Waals surface area contributed by atoms with E-state index in [4.69, 9.17) is 0 Å². The van der Waals surface area contributed by atoms with Gasteiger partial charge in [-0.2, -0.15) is 0 Å². The molecule has 0 bridgehead atoms. The van der Waals surface area contributed by atoms with E-state index in [-0.39, 0.29) is 5.91 Å². The summed E-state index contributed by atoms with van der Waals surface area (Å²) in [5, 5.41) is 2.48. The Bertz CT molecular complexity index is 829. The summed E-state index contributed by atoms with van der Waals surface area (Å²) in [5.41, 5.74) is 2.42. The maximum atomic E-state index is 12.3. The minimum Gasteiger partial charge on any atom is -0.356 e. The van der Waals surface area contributed by atoms with Gasteiger partial charge in [0.1, 0.15) is 0 Å². The van der Waals surface area contributed by atoms with E-state index in [1.165, 1.54) is 6.08 Å². The molecule has 0 saturated carbocycles. The van der Waals surface area contributed by atoms with Crippen LogP contribution in [0.15, 0.2) is 60.7 Å². The molecule has 0 spiro atoms. The predicted octanol–water partition coefficient (Wildman–Crippen LogP) is 4.57. The minimum atomic E-state index is -0.555. The maximum Gasteiger partial charge on any atom is 0.243 e. The monoisotopic (exact) mass is 363 g/mol. The van der Waals surface area contributed by atoms with E-state index >= 15 is 0 Å². The summed E-state index contributed by atoms with van der Waals surface area (Å²) in [6.45, 7) is 5.91. The third-order valence-electron chi connectivity index (χ3n) is 3.58. The van der Waals surface area contributed by atoms with Gasteiger partial charge in [-0.25, -0.2) is 0 Å². The molecular weight excluding hydrogens is 338 g/mol. The van der Waals surface area contributed by atoms with Gasteiger partial charge >= 0.3 is 0 Å². The van der Waals surface area contributed by atoms with Gasteiger partial charge in [-0.1, -0.05) is 74.5 Å². The Hall–Kier alpha value is -3.27. The number of benzene rings is 2. The van der Waals surface area contributed by atoms with Crippen LogP contribution >= 0.6 is 0 Å². The van der Waals surface area contributed by atoms with Crippen LogP contribution in [-0.4, -0.2) is 24.5 Å². The number of hydrogen-bond acceptors (Lipinski definition) is 3. The van der Waals surface area contributed by atoms with Gasteiger partial charge in [-0.15, -0.1) is 0 Å². The number of rotatable bonds is 6. The fourth-order valence-electron chi connectivity index (χ4n) is 2.20. The van der Waals surface area contributed by atoms with Crippen LogP contribution in [0.5, 0.6) is 0 Å². The van der Waals surface area contributed by atoms with Crippen LogP contribution in [0.3, 0.4) is 0 Å². The molecular formula is C23H25NO3. The number of allylic oxidation sites excluding steroid dienone is 1. The molecule has 0 aromatic heterocycles. The van der Waals surface area contributed by atoms with Gasteiger partial charge < -0.3 is 5.32 Å². The van der Waals surface area contributed by atoms with Crippen LogP contribution in [0.25, 0.3) is 12.2 Å². The molecule has 2 aromatic carbocycles. The third kappa shape index (κ3) is 6.51. The lowest BCUT2D eigenvalue weighted by Gasteiger charge is -2.02. The molecule has 0 radical (unpaired) electrons. The number of nitrogens with one attached hydrogen (secondary N) is 1. The highest BCUT2D eigenvalue weighted by molar-refractivity contribution is 6.49. The molecule has 0 atom stereocenters. The fourth-order valence-corrected chi connectivity index (χ4v) is 2.20. The van der Waals surface area contributed by atoms with Crippen molar-refractivity contribution in [3.8, 4) is 0 Å². The number of Topliss-reactive ketones (excluding diaryl/α,β-unsaturated/α-hetero) is 2. The Balaban J connectivity index is 0.00000176. The van der Waals surface area contributed by atoms with Gasteiger partial charge in [0.05, 0.1) is 0 Å². The number of amides is 1. The summed E-state index contributed by atoms with van der Waals surface area (Å²) < 4.78 is 0. The van der Waals surface area contributed by atoms with E-state index in [0.29, 0.717) is 11.1 Å². The van der Waals surface area contributed by atoms with Gasteiger partial charge in [0, 0.05) is 24.3 Å². The van der Waals surface area contributed by atoms with Crippen molar-refractivity contribution in [1.82, 2.24) is 5.32 Å². The van der Waals surface area contributed by atoms with Gasteiger partial charge in [0.25, 0.3) is 0 Å². The summed E-state index contributed by atoms with van der Waals surface area (Å²) >= 11 is 0. The molecule has 2 rings (SSSR count). The predicted molar refractivity (Wildman–Crippen MR) is 111 cm³/mol. The summed E-state index contributed by atoms with van der Waals surface area (Å²) in [6, 6.07) is 13.4. The summed E-state index contributed by atoms with van der Waals surface area (Å²) in [5.74, 6) is -1.31. The second-order valence-electron chi connectivity index (χ2n) is 5.35. The highest BCUT2D eigenvalue weighted by Crippen LogP contribution is 2.12. The summed E-state index contributed by atoms with van der Waals surface area (Å²) in [6.07, 6.45) is 6.85. The largest absolute Gasteiger partial charge is 0.356 e. The third-order valence-corrected chi connectivity index (χ3v) is 3.58. The Morgan fingerprint density at radius 2 is 1.15 bits per heavy atom. The Labute approximate surface area is 160 Å². The van der Waals surface area contributed by atoms with Crippen LogP contribution < -0.4 is 5.32 Å². The Kier molecular flexibility index (Phi) is 9.16. The van der Waals surface area contributed by atoms with Gasteiger partial charge in [0.2, 0.25) is 17.5 Å². The highest BCUT2D eigenvalue weighted by Gasteiger charge is 2.17. The Morgan fingerprint density at radius 3 is 1.52 bits per heavy atom. The molecule has 0 unspecified atom stereocenters. The number of ketones is 2. The molecule has 4 nitrogen and oxygen atoms in total. The van der Waals surface area contributed by atoms with Crippen molar-refractivity contribution >= 4 is 29.6 Å². The number of hydrogen-bond donors (Lipinski definition) is 1. The molecule has 0 heterocycles. The van der Waals surface area contributed by atoms with Crippen LogP contribution in [0.2, 0.25) is 0 Å². The van der Waals surface area contributed by atoms with Crippen LogP contribution in [0.1, 0.15) is 52.6 Å². The lowest BCUT2D eigenvalue weighted by atomic mass is 9.99. The summed E-state index contributed by atoms with van der Waals surface area (Å²) in [7, 11) is 1.55. The first-order chi connectivity index (χ1) is 13.0. The minimum absolute atomic E-state index is 0.211. The van der Waals surface area contributed by atoms with Crippen molar-refractivity contribution in [1.29, 1.82) is 0 Å².